The molecule has 0 unspecified atom stereocenters. The van der Waals surface area contributed by atoms with E-state index in [0.717, 1.165) is 0 Å². The van der Waals surface area contributed by atoms with Crippen LogP contribution in [0.5, 0.6) is 0 Å². The smallest absolute Gasteiger partial charge is 0.269 e. The van der Waals surface area contributed by atoms with Crippen molar-refractivity contribution in [2.75, 3.05) is 26.3 Å². The van der Waals surface area contributed by atoms with Crippen LogP contribution < -0.4 is 0 Å². The lowest BCUT2D eigenvalue weighted by Gasteiger charge is -2.26. The van der Waals surface area contributed by atoms with E-state index in [9.17, 15) is 18.5 Å². The van der Waals surface area contributed by atoms with Gasteiger partial charge < -0.3 is 4.74 Å². The molecule has 8 nitrogen and oxygen atoms in total. The van der Waals surface area contributed by atoms with Crippen LogP contribution in [-0.4, -0.2) is 50.2 Å². The van der Waals surface area contributed by atoms with E-state index < -0.39 is 14.9 Å². The van der Waals surface area contributed by atoms with Crippen LogP contribution in [-0.2, 0) is 14.8 Å². The highest BCUT2D eigenvalue weighted by atomic mass is 32.2. The third-order valence-corrected chi connectivity index (χ3v) is 5.82. The van der Waals surface area contributed by atoms with Crippen molar-refractivity contribution >= 4 is 27.6 Å². The fourth-order valence-electron chi connectivity index (χ4n) is 2.47. The van der Waals surface area contributed by atoms with Gasteiger partial charge >= 0.3 is 0 Å². The lowest BCUT2D eigenvalue weighted by molar-refractivity contribution is -0.384. The second-order valence-corrected chi connectivity index (χ2v) is 7.56. The van der Waals surface area contributed by atoms with E-state index in [1.807, 2.05) is 0 Å². The van der Waals surface area contributed by atoms with Crippen LogP contribution in [0.4, 0.5) is 11.4 Å². The second-order valence-electron chi connectivity index (χ2n) is 5.62. The number of benzene rings is 2. The summed E-state index contributed by atoms with van der Waals surface area (Å²) in [4.78, 5) is 14.6. The summed E-state index contributed by atoms with van der Waals surface area (Å²) in [6, 6.07) is 12.3. The largest absolute Gasteiger partial charge is 0.379 e. The minimum Gasteiger partial charge on any atom is -0.379 e. The molecule has 0 amide bonds. The molecule has 1 fully saturated rings. The van der Waals surface area contributed by atoms with Gasteiger partial charge in [0.25, 0.3) is 5.69 Å². The van der Waals surface area contributed by atoms with E-state index in [0.29, 0.717) is 37.6 Å². The number of nitro groups is 1. The molecule has 0 aliphatic carbocycles. The van der Waals surface area contributed by atoms with Crippen LogP contribution in [0, 0.1) is 10.1 Å². The zero-order valence-corrected chi connectivity index (χ0v) is 14.6. The molecule has 0 atom stereocenters. The van der Waals surface area contributed by atoms with Crippen LogP contribution in [0.1, 0.15) is 5.56 Å². The number of aliphatic imine (C=N–C) groups is 1. The lowest BCUT2D eigenvalue weighted by Crippen LogP contribution is -2.40. The highest BCUT2D eigenvalue weighted by molar-refractivity contribution is 7.89. The summed E-state index contributed by atoms with van der Waals surface area (Å²) in [5.74, 6) is 0. The molecule has 1 aliphatic heterocycles. The first-order chi connectivity index (χ1) is 12.5. The Morgan fingerprint density at radius 2 is 1.65 bits per heavy atom. The Morgan fingerprint density at radius 1 is 1.04 bits per heavy atom. The van der Waals surface area contributed by atoms with Crippen molar-refractivity contribution in [3.05, 3.63) is 64.2 Å². The molecule has 136 valence electrons. The molecule has 0 bridgehead atoms. The molecule has 0 radical (unpaired) electrons. The van der Waals surface area contributed by atoms with Gasteiger partial charge in [-0.15, -0.1) is 0 Å². The van der Waals surface area contributed by atoms with Gasteiger partial charge in [-0.05, 0) is 42.0 Å². The molecular weight excluding hydrogens is 358 g/mol. The minimum absolute atomic E-state index is 0.0137. The van der Waals surface area contributed by atoms with Gasteiger partial charge in [0.15, 0.2) is 0 Å². The Bertz CT molecular complexity index is 902. The van der Waals surface area contributed by atoms with Crippen molar-refractivity contribution in [2.24, 2.45) is 4.99 Å². The van der Waals surface area contributed by atoms with E-state index in [1.165, 1.54) is 28.6 Å². The maximum Gasteiger partial charge on any atom is 0.269 e. The monoisotopic (exact) mass is 375 g/mol. The van der Waals surface area contributed by atoms with E-state index in [2.05, 4.69) is 4.99 Å². The van der Waals surface area contributed by atoms with Gasteiger partial charge in [-0.1, -0.05) is 0 Å². The predicted octanol–water partition coefficient (Wildman–Crippen LogP) is 2.37. The molecule has 3 rings (SSSR count). The number of hydrogen-bond donors (Lipinski definition) is 0. The van der Waals surface area contributed by atoms with E-state index in [4.69, 9.17) is 4.74 Å². The molecule has 9 heteroatoms. The number of nitrogens with zero attached hydrogens (tertiary/aromatic N) is 3. The van der Waals surface area contributed by atoms with Crippen LogP contribution in [0.25, 0.3) is 0 Å². The van der Waals surface area contributed by atoms with Gasteiger partial charge in [0.05, 0.1) is 28.7 Å². The third kappa shape index (κ3) is 4.13. The van der Waals surface area contributed by atoms with Crippen molar-refractivity contribution in [3.8, 4) is 0 Å². The van der Waals surface area contributed by atoms with Gasteiger partial charge in [-0.2, -0.15) is 4.31 Å². The van der Waals surface area contributed by atoms with Crippen LogP contribution in [0.2, 0.25) is 0 Å². The lowest BCUT2D eigenvalue weighted by atomic mass is 10.2. The molecule has 26 heavy (non-hydrogen) atoms. The molecule has 0 aromatic heterocycles. The number of rotatable bonds is 5. The van der Waals surface area contributed by atoms with Crippen LogP contribution in [0.3, 0.4) is 0 Å². The predicted molar refractivity (Wildman–Crippen MR) is 96.4 cm³/mol. The van der Waals surface area contributed by atoms with Crippen LogP contribution in [0.15, 0.2) is 58.4 Å². The minimum atomic E-state index is -3.52. The Labute approximate surface area is 150 Å². The van der Waals surface area contributed by atoms with Gasteiger partial charge in [-0.25, -0.2) is 8.42 Å². The highest BCUT2D eigenvalue weighted by Gasteiger charge is 2.25. The average molecular weight is 375 g/mol. The summed E-state index contributed by atoms with van der Waals surface area (Å²) in [5, 5.41) is 10.6. The molecule has 2 aromatic carbocycles. The Hall–Kier alpha value is -2.62. The van der Waals surface area contributed by atoms with E-state index in [1.54, 1.807) is 30.5 Å². The summed E-state index contributed by atoms with van der Waals surface area (Å²) >= 11 is 0. The number of non-ortho nitro benzene ring substituents is 1. The zero-order chi connectivity index (χ0) is 18.6. The fraction of sp³-hybridized carbons (Fsp3) is 0.235. The van der Waals surface area contributed by atoms with Gasteiger partial charge in [-0.3, -0.25) is 15.1 Å². The first-order valence-corrected chi connectivity index (χ1v) is 9.37. The van der Waals surface area contributed by atoms with Gasteiger partial charge in [0.1, 0.15) is 0 Å². The zero-order valence-electron chi connectivity index (χ0n) is 13.8. The summed E-state index contributed by atoms with van der Waals surface area (Å²) in [5.41, 5.74) is 1.31. The third-order valence-electron chi connectivity index (χ3n) is 3.91. The number of sulfonamides is 1. The first-order valence-electron chi connectivity index (χ1n) is 7.93. The molecular formula is C17H17N3O5S. The van der Waals surface area contributed by atoms with Crippen molar-refractivity contribution in [1.82, 2.24) is 4.31 Å². The average Bonchev–Trinajstić information content (AvgIpc) is 2.67. The van der Waals surface area contributed by atoms with E-state index in [-0.39, 0.29) is 10.6 Å². The molecule has 1 saturated heterocycles. The SMILES string of the molecule is O=[N+]([O-])c1ccc(C=Nc2ccc(S(=O)(=O)N3CCOCC3)cc2)cc1. The van der Waals surface area contributed by atoms with E-state index >= 15 is 0 Å². The molecule has 0 saturated carbocycles. The summed E-state index contributed by atoms with van der Waals surface area (Å²) in [6.07, 6.45) is 1.56. The highest BCUT2D eigenvalue weighted by Crippen LogP contribution is 2.21. The molecule has 2 aromatic rings. The molecule has 1 heterocycles. The summed E-state index contributed by atoms with van der Waals surface area (Å²) < 4.78 is 31.7. The standard InChI is InChI=1S/C17H17N3O5S/c21-20(22)16-5-1-14(2-6-16)13-18-15-3-7-17(8-4-15)26(23,24)19-9-11-25-12-10-19/h1-8,13H,9-12H2. The first kappa shape index (κ1) is 18.2. The molecule has 0 N–H and O–H groups in total. The number of ether oxygens (including phenoxy) is 1. The summed E-state index contributed by atoms with van der Waals surface area (Å²) in [6.45, 7) is 1.50. The maximum atomic E-state index is 12.5. The Morgan fingerprint density at radius 3 is 2.23 bits per heavy atom. The van der Waals surface area contributed by atoms with Gasteiger partial charge in [0, 0.05) is 31.4 Å². The van der Waals surface area contributed by atoms with Gasteiger partial charge in [0.2, 0.25) is 10.0 Å². The number of hydrogen-bond acceptors (Lipinski definition) is 6. The van der Waals surface area contributed by atoms with Crippen LogP contribution >= 0.6 is 0 Å². The molecule has 1 aliphatic rings. The fourth-order valence-corrected chi connectivity index (χ4v) is 3.88. The van der Waals surface area contributed by atoms with Crippen molar-refractivity contribution in [1.29, 1.82) is 0 Å². The second kappa shape index (κ2) is 7.73. The number of nitro benzene ring substituents is 1. The van der Waals surface area contributed by atoms with Crippen molar-refractivity contribution in [2.45, 2.75) is 4.90 Å². The van der Waals surface area contributed by atoms with Crippen molar-refractivity contribution in [3.63, 3.8) is 0 Å². The van der Waals surface area contributed by atoms with Crippen molar-refractivity contribution < 1.29 is 18.1 Å². The maximum absolute atomic E-state index is 12.5. The normalized spacial score (nSPS) is 16.0. The number of morpholine rings is 1. The summed E-state index contributed by atoms with van der Waals surface area (Å²) in [7, 11) is -3.52. The molecule has 0 spiro atoms. The Kier molecular flexibility index (Phi) is 5.40. The topological polar surface area (TPSA) is 102 Å². The Balaban J connectivity index is 1.72. The quantitative estimate of drug-likeness (QED) is 0.453.